The highest BCUT2D eigenvalue weighted by Crippen LogP contribution is 2.64. The largest absolute Gasteiger partial charge is 0.460 e. The number of aliphatic hydroxyl groups excluding tert-OH is 1. The van der Waals surface area contributed by atoms with E-state index in [4.69, 9.17) is 5.11 Å². The van der Waals surface area contributed by atoms with Gasteiger partial charge in [-0.3, -0.25) is 0 Å². The Morgan fingerprint density at radius 2 is 0.839 bits per heavy atom. The van der Waals surface area contributed by atoms with E-state index in [9.17, 15) is 74.6 Å². The lowest BCUT2D eigenvalue weighted by atomic mass is 9.88. The average molecular weight is 508 g/mol. The Hall–Kier alpha value is -1.27. The third-order valence-corrected chi connectivity index (χ3v) is 3.64. The third kappa shape index (κ3) is 4.22. The molecular formula is C12H9F17O2. The summed E-state index contributed by atoms with van der Waals surface area (Å²) >= 11 is 0. The Morgan fingerprint density at radius 1 is 0.548 bits per heavy atom. The third-order valence-electron chi connectivity index (χ3n) is 3.64. The van der Waals surface area contributed by atoms with Crippen LogP contribution in [0.3, 0.4) is 0 Å². The van der Waals surface area contributed by atoms with Gasteiger partial charge in [0.1, 0.15) is 0 Å². The van der Waals surface area contributed by atoms with E-state index in [0.717, 1.165) is 0 Å². The summed E-state index contributed by atoms with van der Waals surface area (Å²) in [4.78, 5) is 0. The van der Waals surface area contributed by atoms with Crippen LogP contribution in [-0.4, -0.2) is 72.6 Å². The van der Waals surface area contributed by atoms with Crippen LogP contribution in [0.15, 0.2) is 0 Å². The first kappa shape index (κ1) is 29.7. The molecule has 0 aliphatic carbocycles. The second-order valence-corrected chi connectivity index (χ2v) is 5.96. The van der Waals surface area contributed by atoms with E-state index in [0.29, 0.717) is 7.11 Å². The zero-order valence-corrected chi connectivity index (χ0v) is 14.3. The molecule has 0 aliphatic heterocycles. The summed E-state index contributed by atoms with van der Waals surface area (Å²) in [6, 6.07) is 0. The minimum Gasteiger partial charge on any atom is -0.390 e. The molecule has 1 atom stereocenters. The van der Waals surface area contributed by atoms with E-state index >= 15 is 0 Å². The van der Waals surface area contributed by atoms with Crippen molar-refractivity contribution in [2.45, 2.75) is 60.2 Å². The first-order valence-corrected chi connectivity index (χ1v) is 7.09. The lowest BCUT2D eigenvalue weighted by Gasteiger charge is -2.43. The molecule has 0 saturated heterocycles. The van der Waals surface area contributed by atoms with Gasteiger partial charge in [-0.2, -0.15) is 74.6 Å². The Morgan fingerprint density at radius 3 is 1.13 bits per heavy atom. The van der Waals surface area contributed by atoms with Crippen molar-refractivity contribution in [2.75, 3.05) is 13.7 Å². The van der Waals surface area contributed by atoms with Crippen molar-refractivity contribution in [3.05, 3.63) is 0 Å². The van der Waals surface area contributed by atoms with Gasteiger partial charge in [-0.25, -0.2) is 0 Å². The summed E-state index contributed by atoms with van der Waals surface area (Å²) in [7, 11) is 0.617. The molecule has 0 rings (SSSR count). The first-order valence-electron chi connectivity index (χ1n) is 7.09. The quantitative estimate of drug-likeness (QED) is 0.401. The minimum atomic E-state index is -8.66. The molecule has 0 radical (unpaired) electrons. The monoisotopic (exact) mass is 508 g/mol. The predicted octanol–water partition coefficient (Wildman–Crippen LogP) is 5.39. The number of rotatable bonds is 10. The number of hydrogen-bond acceptors (Lipinski definition) is 2. The molecular weight excluding hydrogens is 499 g/mol. The van der Waals surface area contributed by atoms with E-state index in [1.807, 2.05) is 0 Å². The van der Waals surface area contributed by atoms with Crippen LogP contribution in [-0.2, 0) is 4.74 Å². The maximum atomic E-state index is 13.4. The SMILES string of the molecule is COCC(O)CC(F)(F)C(F)(F)C(F)(F)C(F)(F)C(F)(F)C(F)(F)C(F)(F)C(F)(F)F. The van der Waals surface area contributed by atoms with Gasteiger partial charge in [0.15, 0.2) is 0 Å². The molecule has 0 spiro atoms. The normalized spacial score (nSPS) is 17.1. The van der Waals surface area contributed by atoms with Crippen LogP contribution in [0.1, 0.15) is 6.42 Å². The Balaban J connectivity index is 6.56. The molecule has 0 aliphatic rings. The summed E-state index contributed by atoms with van der Waals surface area (Å²) in [6.07, 6.45) is -13.6. The highest BCUT2D eigenvalue weighted by atomic mass is 19.4. The van der Waals surface area contributed by atoms with Crippen molar-refractivity contribution in [3.63, 3.8) is 0 Å². The number of hydrogen-bond donors (Lipinski definition) is 1. The average Bonchev–Trinajstić information content (AvgIpc) is 2.52. The molecule has 0 aromatic carbocycles. The summed E-state index contributed by atoms with van der Waals surface area (Å²) < 4.78 is 224. The van der Waals surface area contributed by atoms with Crippen LogP contribution >= 0.6 is 0 Å². The fourth-order valence-corrected chi connectivity index (χ4v) is 1.87. The standard InChI is InChI=1S/C12H9F17O2/c1-31-3-4(30)2-5(13,14)6(15,16)7(17,18)8(19,20)9(21,22)10(23,24)11(25,26)12(27,28)29/h4,30H,2-3H2,1H3. The molecule has 19 heteroatoms. The van der Waals surface area contributed by atoms with Crippen LogP contribution in [0.5, 0.6) is 0 Å². The van der Waals surface area contributed by atoms with Crippen molar-refractivity contribution >= 4 is 0 Å². The van der Waals surface area contributed by atoms with Crippen LogP contribution in [0.4, 0.5) is 74.6 Å². The van der Waals surface area contributed by atoms with Crippen molar-refractivity contribution in [3.8, 4) is 0 Å². The number of aliphatic hydroxyl groups is 1. The predicted molar refractivity (Wildman–Crippen MR) is 63.2 cm³/mol. The maximum absolute atomic E-state index is 13.4. The number of halogens is 17. The van der Waals surface area contributed by atoms with E-state index < -0.39 is 66.8 Å². The summed E-state index contributed by atoms with van der Waals surface area (Å²) in [5, 5.41) is 8.84. The van der Waals surface area contributed by atoms with Gasteiger partial charge < -0.3 is 9.84 Å². The molecule has 0 aromatic heterocycles. The first-order chi connectivity index (χ1) is 13.2. The van der Waals surface area contributed by atoms with Crippen molar-refractivity contribution in [2.24, 2.45) is 0 Å². The van der Waals surface area contributed by atoms with Gasteiger partial charge in [-0.05, 0) is 0 Å². The highest BCUT2D eigenvalue weighted by molar-refractivity contribution is 5.15. The van der Waals surface area contributed by atoms with Crippen molar-refractivity contribution in [1.29, 1.82) is 0 Å². The lowest BCUT2D eigenvalue weighted by molar-refractivity contribution is -0.462. The van der Waals surface area contributed by atoms with Crippen molar-refractivity contribution < 1.29 is 84.5 Å². The second kappa shape index (κ2) is 7.95. The minimum absolute atomic E-state index is 0.617. The van der Waals surface area contributed by atoms with Crippen LogP contribution in [0.25, 0.3) is 0 Å². The van der Waals surface area contributed by atoms with E-state index in [2.05, 4.69) is 4.74 Å². The summed E-state index contributed by atoms with van der Waals surface area (Å²) in [5.74, 6) is -56.8. The van der Waals surface area contributed by atoms with Gasteiger partial charge in [0, 0.05) is 13.5 Å². The lowest BCUT2D eigenvalue weighted by Crippen LogP contribution is -2.74. The van der Waals surface area contributed by atoms with Gasteiger partial charge in [-0.15, -0.1) is 0 Å². The van der Waals surface area contributed by atoms with Gasteiger partial charge >= 0.3 is 47.6 Å². The molecule has 0 saturated carbocycles. The van der Waals surface area contributed by atoms with Gasteiger partial charge in [-0.1, -0.05) is 0 Å². The van der Waals surface area contributed by atoms with E-state index in [1.54, 1.807) is 0 Å². The molecule has 1 N–H and O–H groups in total. The van der Waals surface area contributed by atoms with E-state index in [-0.39, 0.29) is 0 Å². The molecule has 0 heterocycles. The van der Waals surface area contributed by atoms with Gasteiger partial charge in [0.2, 0.25) is 0 Å². The summed E-state index contributed by atoms with van der Waals surface area (Å²) in [5.41, 5.74) is 0. The highest BCUT2D eigenvalue weighted by Gasteiger charge is 2.95. The Labute approximate surface area is 159 Å². The zero-order valence-electron chi connectivity index (χ0n) is 14.3. The molecule has 31 heavy (non-hydrogen) atoms. The smallest absolute Gasteiger partial charge is 0.390 e. The topological polar surface area (TPSA) is 29.5 Å². The number of methoxy groups -OCH3 is 1. The van der Waals surface area contributed by atoms with Gasteiger partial charge in [0.25, 0.3) is 0 Å². The Bertz CT molecular complexity index is 623. The number of ether oxygens (including phenoxy) is 1. The molecule has 0 bridgehead atoms. The zero-order chi connectivity index (χ0) is 25.7. The van der Waals surface area contributed by atoms with Crippen LogP contribution in [0, 0.1) is 0 Å². The van der Waals surface area contributed by atoms with Crippen molar-refractivity contribution in [1.82, 2.24) is 0 Å². The molecule has 1 unspecified atom stereocenters. The fraction of sp³-hybridized carbons (Fsp3) is 1.00. The molecule has 0 fully saturated rings. The van der Waals surface area contributed by atoms with Crippen LogP contribution < -0.4 is 0 Å². The van der Waals surface area contributed by atoms with E-state index in [1.165, 1.54) is 0 Å². The summed E-state index contributed by atoms with van der Waals surface area (Å²) in [6.45, 7) is -1.35. The second-order valence-electron chi connectivity index (χ2n) is 5.96. The molecule has 0 aromatic rings. The fourth-order valence-electron chi connectivity index (χ4n) is 1.87. The van der Waals surface area contributed by atoms with Gasteiger partial charge in [0.05, 0.1) is 12.7 Å². The molecule has 0 amide bonds. The maximum Gasteiger partial charge on any atom is 0.460 e. The molecule has 188 valence electrons. The molecule has 2 nitrogen and oxygen atoms in total. The Kier molecular flexibility index (Phi) is 7.62. The number of alkyl halides is 17. The van der Waals surface area contributed by atoms with Crippen LogP contribution in [0.2, 0.25) is 0 Å².